The number of benzene rings is 2. The van der Waals surface area contributed by atoms with E-state index < -0.39 is 0 Å². The maximum Gasteiger partial charge on any atom is 0.278 e. The number of nitrogens with zero attached hydrogens (tertiary/aromatic N) is 2. The van der Waals surface area contributed by atoms with Gasteiger partial charge >= 0.3 is 0 Å². The number of methoxy groups -OCH3 is 1. The Morgan fingerprint density at radius 2 is 1.52 bits per heavy atom. The zero-order valence-corrected chi connectivity index (χ0v) is 19.4. The number of ether oxygens (including phenoxy) is 1. The summed E-state index contributed by atoms with van der Waals surface area (Å²) in [6.45, 7) is 0.725. The summed E-state index contributed by atoms with van der Waals surface area (Å²) >= 11 is 0. The molecule has 0 bridgehead atoms. The van der Waals surface area contributed by atoms with Crippen LogP contribution >= 0.6 is 0 Å². The highest BCUT2D eigenvalue weighted by atomic mass is 16.5. The monoisotopic (exact) mass is 444 g/mol. The summed E-state index contributed by atoms with van der Waals surface area (Å²) in [5, 5.41) is 0. The van der Waals surface area contributed by atoms with Crippen molar-refractivity contribution < 1.29 is 14.3 Å². The third kappa shape index (κ3) is 3.94. The molecule has 1 aliphatic carbocycles. The summed E-state index contributed by atoms with van der Waals surface area (Å²) in [4.78, 5) is 31.8. The van der Waals surface area contributed by atoms with Crippen LogP contribution in [-0.2, 0) is 16.0 Å². The fourth-order valence-corrected chi connectivity index (χ4v) is 5.67. The second kappa shape index (κ2) is 9.42. The predicted octanol–water partition coefficient (Wildman–Crippen LogP) is 5.34. The summed E-state index contributed by atoms with van der Waals surface area (Å²) in [5.41, 5.74) is 3.95. The molecule has 0 N–H and O–H groups in total. The molecule has 1 saturated carbocycles. The molecule has 5 nitrogen and oxygen atoms in total. The number of fused-ring (bicyclic) bond motifs is 1. The Morgan fingerprint density at radius 1 is 0.818 bits per heavy atom. The van der Waals surface area contributed by atoms with Gasteiger partial charge in [0.2, 0.25) is 0 Å². The number of anilines is 1. The Bertz CT molecular complexity index is 1080. The van der Waals surface area contributed by atoms with Crippen molar-refractivity contribution in [3.05, 3.63) is 65.4 Å². The molecule has 0 atom stereocenters. The summed E-state index contributed by atoms with van der Waals surface area (Å²) in [5.74, 6) is 0.298. The van der Waals surface area contributed by atoms with Crippen molar-refractivity contribution in [3.63, 3.8) is 0 Å². The molecule has 2 aromatic carbocycles. The molecule has 172 valence electrons. The zero-order valence-electron chi connectivity index (χ0n) is 19.4. The van der Waals surface area contributed by atoms with Crippen LogP contribution in [0.1, 0.15) is 62.5 Å². The van der Waals surface area contributed by atoms with Crippen LogP contribution in [-0.4, -0.2) is 36.4 Å². The van der Waals surface area contributed by atoms with Crippen molar-refractivity contribution in [2.75, 3.05) is 18.6 Å². The number of carbonyl (C=O) groups is 2. The molecule has 2 aromatic rings. The van der Waals surface area contributed by atoms with E-state index in [4.69, 9.17) is 4.74 Å². The molecule has 0 radical (unpaired) electrons. The Labute approximate surface area is 196 Å². The van der Waals surface area contributed by atoms with Gasteiger partial charge in [-0.15, -0.1) is 0 Å². The molecule has 0 spiro atoms. The quantitative estimate of drug-likeness (QED) is 0.597. The fourth-order valence-electron chi connectivity index (χ4n) is 5.67. The Morgan fingerprint density at radius 3 is 2.30 bits per heavy atom. The molecular formula is C28H32N2O3. The van der Waals surface area contributed by atoms with Crippen LogP contribution in [0.3, 0.4) is 0 Å². The molecule has 2 aliphatic heterocycles. The first kappa shape index (κ1) is 21.7. The molecule has 33 heavy (non-hydrogen) atoms. The van der Waals surface area contributed by atoms with E-state index in [1.54, 1.807) is 12.0 Å². The number of hydrogen-bond acceptors (Lipinski definition) is 4. The summed E-state index contributed by atoms with van der Waals surface area (Å²) in [7, 11) is 1.61. The minimum atomic E-state index is -0.173. The van der Waals surface area contributed by atoms with E-state index in [1.807, 2.05) is 36.4 Å². The average Bonchev–Trinajstić information content (AvgIpc) is 3.08. The van der Waals surface area contributed by atoms with Crippen LogP contribution < -0.4 is 9.64 Å². The lowest BCUT2D eigenvalue weighted by Crippen LogP contribution is -2.43. The van der Waals surface area contributed by atoms with Crippen LogP contribution in [0.5, 0.6) is 5.75 Å². The molecule has 5 rings (SSSR count). The number of amides is 2. The van der Waals surface area contributed by atoms with Crippen molar-refractivity contribution in [1.82, 2.24) is 4.90 Å². The van der Waals surface area contributed by atoms with Gasteiger partial charge in [0.25, 0.3) is 11.8 Å². The molecule has 3 aliphatic rings. The molecule has 5 heteroatoms. The van der Waals surface area contributed by atoms with E-state index in [2.05, 4.69) is 17.0 Å². The smallest absolute Gasteiger partial charge is 0.278 e. The SMILES string of the molecule is COc1ccccc1C1=C(N2CCCc3ccccc32)C(=O)N(C2CCCCCCC2)C1=O. The maximum absolute atomic E-state index is 14.1. The number of rotatable bonds is 4. The van der Waals surface area contributed by atoms with Gasteiger partial charge in [-0.25, -0.2) is 0 Å². The average molecular weight is 445 g/mol. The van der Waals surface area contributed by atoms with E-state index in [0.29, 0.717) is 22.6 Å². The van der Waals surface area contributed by atoms with Crippen molar-refractivity contribution in [2.45, 2.75) is 63.8 Å². The maximum atomic E-state index is 14.1. The number of para-hydroxylation sites is 2. The first-order valence-electron chi connectivity index (χ1n) is 12.3. The summed E-state index contributed by atoms with van der Waals surface area (Å²) in [6.07, 6.45) is 9.43. The molecule has 0 unspecified atom stereocenters. The summed E-state index contributed by atoms with van der Waals surface area (Å²) in [6, 6.07) is 15.8. The topological polar surface area (TPSA) is 49.9 Å². The van der Waals surface area contributed by atoms with Gasteiger partial charge in [-0.2, -0.15) is 0 Å². The lowest BCUT2D eigenvalue weighted by molar-refractivity contribution is -0.140. The number of hydrogen-bond donors (Lipinski definition) is 0. The standard InChI is InChI=1S/C28H32N2O3/c1-33-24-18-10-8-16-22(24)25-26(29-19-11-13-20-12-7-9-17-23(20)29)28(32)30(27(25)31)21-14-5-3-2-4-6-15-21/h7-10,12,16-18,21H,2-6,11,13-15,19H2,1H3. The second-order valence-corrected chi connectivity index (χ2v) is 9.29. The highest BCUT2D eigenvalue weighted by Crippen LogP contribution is 2.41. The van der Waals surface area contributed by atoms with Gasteiger partial charge in [0.1, 0.15) is 11.4 Å². The van der Waals surface area contributed by atoms with Crippen molar-refractivity contribution >= 4 is 23.1 Å². The van der Waals surface area contributed by atoms with Gasteiger partial charge in [0, 0.05) is 23.8 Å². The van der Waals surface area contributed by atoms with Crippen molar-refractivity contribution in [3.8, 4) is 5.75 Å². The second-order valence-electron chi connectivity index (χ2n) is 9.29. The van der Waals surface area contributed by atoms with Gasteiger partial charge in [-0.1, -0.05) is 68.5 Å². The minimum absolute atomic E-state index is 0.0347. The lowest BCUT2D eigenvalue weighted by atomic mass is 9.95. The predicted molar refractivity (Wildman–Crippen MR) is 130 cm³/mol. The Balaban J connectivity index is 1.64. The van der Waals surface area contributed by atoms with Crippen molar-refractivity contribution in [1.29, 1.82) is 0 Å². The van der Waals surface area contributed by atoms with E-state index in [0.717, 1.165) is 50.8 Å². The number of aryl methyl sites for hydroxylation is 1. The van der Waals surface area contributed by atoms with Crippen LogP contribution in [0.25, 0.3) is 5.57 Å². The largest absolute Gasteiger partial charge is 0.496 e. The molecule has 0 saturated heterocycles. The first-order chi connectivity index (χ1) is 16.2. The van der Waals surface area contributed by atoms with Gasteiger partial charge in [0.05, 0.1) is 12.7 Å². The van der Waals surface area contributed by atoms with E-state index in [-0.39, 0.29) is 17.9 Å². The highest BCUT2D eigenvalue weighted by Gasteiger charge is 2.46. The van der Waals surface area contributed by atoms with E-state index in [1.165, 1.54) is 24.8 Å². The molecule has 0 aromatic heterocycles. The Hall–Kier alpha value is -3.08. The van der Waals surface area contributed by atoms with Crippen LogP contribution in [0.2, 0.25) is 0 Å². The van der Waals surface area contributed by atoms with Crippen LogP contribution in [0.4, 0.5) is 5.69 Å². The third-order valence-electron chi connectivity index (χ3n) is 7.29. The Kier molecular flexibility index (Phi) is 6.21. The fraction of sp³-hybridized carbons (Fsp3) is 0.429. The number of imide groups is 1. The lowest BCUT2D eigenvalue weighted by Gasteiger charge is -2.33. The third-order valence-corrected chi connectivity index (χ3v) is 7.29. The van der Waals surface area contributed by atoms with Gasteiger partial charge < -0.3 is 9.64 Å². The first-order valence-corrected chi connectivity index (χ1v) is 12.3. The van der Waals surface area contributed by atoms with Gasteiger partial charge in [-0.3, -0.25) is 14.5 Å². The van der Waals surface area contributed by atoms with Crippen LogP contribution in [0, 0.1) is 0 Å². The molecule has 2 amide bonds. The highest BCUT2D eigenvalue weighted by molar-refractivity contribution is 6.37. The van der Waals surface area contributed by atoms with Crippen LogP contribution in [0.15, 0.2) is 54.2 Å². The van der Waals surface area contributed by atoms with Gasteiger partial charge in [0.15, 0.2) is 0 Å². The number of carbonyl (C=O) groups excluding carboxylic acids is 2. The molecule has 2 heterocycles. The van der Waals surface area contributed by atoms with E-state index in [9.17, 15) is 9.59 Å². The van der Waals surface area contributed by atoms with E-state index >= 15 is 0 Å². The minimum Gasteiger partial charge on any atom is -0.496 e. The van der Waals surface area contributed by atoms with Crippen molar-refractivity contribution in [2.24, 2.45) is 0 Å². The molecule has 1 fully saturated rings. The summed E-state index contributed by atoms with van der Waals surface area (Å²) < 4.78 is 5.63. The normalized spacial score (nSPS) is 20.0. The zero-order chi connectivity index (χ0) is 22.8. The van der Waals surface area contributed by atoms with Gasteiger partial charge in [-0.05, 0) is 43.4 Å². The molecular weight excluding hydrogens is 412 g/mol.